The first kappa shape index (κ1) is 15.6. The van der Waals surface area contributed by atoms with Crippen molar-refractivity contribution in [1.82, 2.24) is 0 Å². The molecule has 0 amide bonds. The van der Waals surface area contributed by atoms with E-state index >= 15 is 0 Å². The molecule has 0 atom stereocenters. The average Bonchev–Trinajstić information content (AvgIpc) is 2.48. The summed E-state index contributed by atoms with van der Waals surface area (Å²) in [5, 5.41) is 0.769. The molecule has 0 N–H and O–H groups in total. The molecule has 1 heteroatoms. The van der Waals surface area contributed by atoms with Gasteiger partial charge in [-0.2, -0.15) is 0 Å². The SMILES string of the molecule is C=C(Cc1ccc(Cl)cc1)c1ccc(/C=C/C(C)C)cc1. The normalized spacial score (nSPS) is 11.2. The smallest absolute Gasteiger partial charge is 0.0406 e. The lowest BCUT2D eigenvalue weighted by molar-refractivity contribution is 0.836. The summed E-state index contributed by atoms with van der Waals surface area (Å²) in [5.74, 6) is 0.574. The Morgan fingerprint density at radius 3 is 2.24 bits per heavy atom. The molecule has 0 aliphatic heterocycles. The van der Waals surface area contributed by atoms with Crippen LogP contribution in [0.5, 0.6) is 0 Å². The van der Waals surface area contributed by atoms with Gasteiger partial charge in [-0.05, 0) is 46.7 Å². The first-order valence-corrected chi connectivity index (χ1v) is 7.63. The molecule has 0 spiro atoms. The van der Waals surface area contributed by atoms with Gasteiger partial charge in [-0.1, -0.05) is 80.6 Å². The van der Waals surface area contributed by atoms with Crippen molar-refractivity contribution in [2.45, 2.75) is 20.3 Å². The van der Waals surface area contributed by atoms with Gasteiger partial charge < -0.3 is 0 Å². The molecule has 0 bridgehead atoms. The minimum Gasteiger partial charge on any atom is -0.0949 e. The molecule has 0 fully saturated rings. The van der Waals surface area contributed by atoms with Crippen LogP contribution in [0.4, 0.5) is 0 Å². The Hall–Kier alpha value is -1.79. The molecular formula is C20H21Cl. The molecular weight excluding hydrogens is 276 g/mol. The monoisotopic (exact) mass is 296 g/mol. The summed E-state index contributed by atoms with van der Waals surface area (Å²) >= 11 is 5.91. The second kappa shape index (κ2) is 7.28. The van der Waals surface area contributed by atoms with Crippen molar-refractivity contribution >= 4 is 23.3 Å². The fourth-order valence-electron chi connectivity index (χ4n) is 2.08. The molecule has 21 heavy (non-hydrogen) atoms. The predicted octanol–water partition coefficient (Wildman–Crippen LogP) is 6.27. The lowest BCUT2D eigenvalue weighted by atomic mass is 9.98. The third kappa shape index (κ3) is 4.91. The topological polar surface area (TPSA) is 0 Å². The van der Waals surface area contributed by atoms with Crippen molar-refractivity contribution in [3.8, 4) is 0 Å². The van der Waals surface area contributed by atoms with Crippen LogP contribution in [-0.2, 0) is 6.42 Å². The van der Waals surface area contributed by atoms with Gasteiger partial charge in [0.15, 0.2) is 0 Å². The zero-order valence-corrected chi connectivity index (χ0v) is 13.4. The van der Waals surface area contributed by atoms with Gasteiger partial charge in [0.1, 0.15) is 0 Å². The predicted molar refractivity (Wildman–Crippen MR) is 94.5 cm³/mol. The molecule has 2 rings (SSSR count). The summed E-state index contributed by atoms with van der Waals surface area (Å²) in [5.41, 5.74) is 4.77. The van der Waals surface area contributed by atoms with Crippen LogP contribution in [0.2, 0.25) is 5.02 Å². The standard InChI is InChI=1S/C20H21Cl/c1-15(2)4-5-17-6-10-19(11-7-17)16(3)14-18-8-12-20(21)13-9-18/h4-13,15H,3,14H2,1-2H3/b5-4+. The quantitative estimate of drug-likeness (QED) is 0.610. The highest BCUT2D eigenvalue weighted by atomic mass is 35.5. The molecule has 0 aliphatic rings. The summed E-state index contributed by atoms with van der Waals surface area (Å²) in [6.07, 6.45) is 5.21. The lowest BCUT2D eigenvalue weighted by Crippen LogP contribution is -1.89. The van der Waals surface area contributed by atoms with E-state index in [0.29, 0.717) is 5.92 Å². The van der Waals surface area contributed by atoms with Crippen molar-refractivity contribution in [1.29, 1.82) is 0 Å². The van der Waals surface area contributed by atoms with Crippen LogP contribution in [0.25, 0.3) is 11.6 Å². The molecule has 0 unspecified atom stereocenters. The zero-order valence-electron chi connectivity index (χ0n) is 12.6. The van der Waals surface area contributed by atoms with Crippen LogP contribution >= 0.6 is 11.6 Å². The molecule has 0 radical (unpaired) electrons. The van der Waals surface area contributed by atoms with Crippen LogP contribution in [0.15, 0.2) is 61.2 Å². The van der Waals surface area contributed by atoms with Gasteiger partial charge in [0, 0.05) is 5.02 Å². The van der Waals surface area contributed by atoms with E-state index in [2.05, 4.69) is 56.8 Å². The molecule has 108 valence electrons. The van der Waals surface area contributed by atoms with E-state index in [-0.39, 0.29) is 0 Å². The molecule has 2 aromatic carbocycles. The second-order valence-corrected chi connectivity index (χ2v) is 6.07. The second-order valence-electron chi connectivity index (χ2n) is 5.63. The van der Waals surface area contributed by atoms with Gasteiger partial charge in [-0.25, -0.2) is 0 Å². The number of halogens is 1. The average molecular weight is 297 g/mol. The maximum Gasteiger partial charge on any atom is 0.0406 e. The van der Waals surface area contributed by atoms with Crippen LogP contribution in [0.1, 0.15) is 30.5 Å². The Morgan fingerprint density at radius 1 is 1.05 bits per heavy atom. The minimum absolute atomic E-state index is 0.574. The fraction of sp³-hybridized carbons (Fsp3) is 0.200. The number of hydrogen-bond donors (Lipinski definition) is 0. The highest BCUT2D eigenvalue weighted by molar-refractivity contribution is 6.30. The Kier molecular flexibility index (Phi) is 5.41. The summed E-state index contributed by atoms with van der Waals surface area (Å²) < 4.78 is 0. The summed E-state index contributed by atoms with van der Waals surface area (Å²) in [4.78, 5) is 0. The van der Waals surface area contributed by atoms with E-state index in [1.54, 1.807) is 0 Å². The van der Waals surface area contributed by atoms with Crippen molar-refractivity contribution < 1.29 is 0 Å². The number of hydrogen-bond acceptors (Lipinski definition) is 0. The number of benzene rings is 2. The number of rotatable bonds is 5. The Labute approximate surface area is 132 Å². The van der Waals surface area contributed by atoms with E-state index in [9.17, 15) is 0 Å². The minimum atomic E-state index is 0.574. The summed E-state index contributed by atoms with van der Waals surface area (Å²) in [6, 6.07) is 16.5. The van der Waals surface area contributed by atoms with E-state index in [1.807, 2.05) is 24.3 Å². The first-order valence-electron chi connectivity index (χ1n) is 7.25. The van der Waals surface area contributed by atoms with Crippen molar-refractivity contribution in [3.63, 3.8) is 0 Å². The van der Waals surface area contributed by atoms with Gasteiger partial charge in [0.05, 0.1) is 0 Å². The third-order valence-electron chi connectivity index (χ3n) is 3.32. The van der Waals surface area contributed by atoms with Gasteiger partial charge in [0.25, 0.3) is 0 Å². The van der Waals surface area contributed by atoms with Crippen LogP contribution in [-0.4, -0.2) is 0 Å². The van der Waals surface area contributed by atoms with Crippen molar-refractivity contribution in [3.05, 3.63) is 82.9 Å². The maximum absolute atomic E-state index is 5.91. The summed E-state index contributed by atoms with van der Waals surface area (Å²) in [6.45, 7) is 8.55. The van der Waals surface area contributed by atoms with E-state index < -0.39 is 0 Å². The molecule has 0 heterocycles. The fourth-order valence-corrected chi connectivity index (χ4v) is 2.21. The first-order chi connectivity index (χ1) is 10.0. The molecule has 0 aromatic heterocycles. The highest BCUT2D eigenvalue weighted by Crippen LogP contribution is 2.20. The maximum atomic E-state index is 5.91. The van der Waals surface area contributed by atoms with E-state index in [0.717, 1.165) is 17.0 Å². The lowest BCUT2D eigenvalue weighted by Gasteiger charge is -2.07. The van der Waals surface area contributed by atoms with Gasteiger partial charge >= 0.3 is 0 Å². The largest absolute Gasteiger partial charge is 0.0949 e. The molecule has 0 aliphatic carbocycles. The van der Waals surface area contributed by atoms with Crippen LogP contribution in [0, 0.1) is 5.92 Å². The van der Waals surface area contributed by atoms with Crippen LogP contribution in [0.3, 0.4) is 0 Å². The third-order valence-corrected chi connectivity index (χ3v) is 3.58. The van der Waals surface area contributed by atoms with Crippen molar-refractivity contribution in [2.24, 2.45) is 5.92 Å². The molecule has 0 saturated carbocycles. The molecule has 0 saturated heterocycles. The van der Waals surface area contributed by atoms with Crippen molar-refractivity contribution in [2.75, 3.05) is 0 Å². The van der Waals surface area contributed by atoms with Gasteiger partial charge in [-0.3, -0.25) is 0 Å². The molecule has 2 aromatic rings. The highest BCUT2D eigenvalue weighted by Gasteiger charge is 2.01. The number of allylic oxidation sites excluding steroid dienone is 2. The Morgan fingerprint density at radius 2 is 1.67 bits per heavy atom. The Bertz CT molecular complexity index is 616. The van der Waals surface area contributed by atoms with Gasteiger partial charge in [0.2, 0.25) is 0 Å². The van der Waals surface area contributed by atoms with E-state index in [1.165, 1.54) is 16.7 Å². The summed E-state index contributed by atoms with van der Waals surface area (Å²) in [7, 11) is 0. The van der Waals surface area contributed by atoms with Gasteiger partial charge in [-0.15, -0.1) is 0 Å². The Balaban J connectivity index is 2.04. The molecule has 0 nitrogen and oxygen atoms in total. The zero-order chi connectivity index (χ0) is 15.2. The van der Waals surface area contributed by atoms with E-state index in [4.69, 9.17) is 11.6 Å². The van der Waals surface area contributed by atoms with Crippen LogP contribution < -0.4 is 0 Å².